The van der Waals surface area contributed by atoms with Crippen LogP contribution in [0.4, 0.5) is 0 Å². The lowest BCUT2D eigenvalue weighted by molar-refractivity contribution is 0.594. The van der Waals surface area contributed by atoms with Gasteiger partial charge in [0.15, 0.2) is 0 Å². The molecule has 0 amide bonds. The fourth-order valence-corrected chi connectivity index (χ4v) is 4.36. The molecule has 5 rings (SSSR count). The number of hydrogen-bond donors (Lipinski definition) is 0. The third kappa shape index (κ3) is 3.02. The van der Waals surface area contributed by atoms with Gasteiger partial charge in [0.1, 0.15) is 11.2 Å². The van der Waals surface area contributed by atoms with E-state index in [2.05, 4.69) is 39.0 Å². The molecule has 4 aromatic carbocycles. The van der Waals surface area contributed by atoms with Crippen molar-refractivity contribution in [1.82, 2.24) is 0 Å². The Morgan fingerprint density at radius 3 is 2.30 bits per heavy atom. The van der Waals surface area contributed by atoms with Crippen LogP contribution in [0.2, 0.25) is 0 Å². The summed E-state index contributed by atoms with van der Waals surface area (Å²) in [4.78, 5) is 0. The standard InChI is InChI=1S/C29H26O/c1-19-10-7-11-20(18-19)21-13-8-15-23(28(21)29(2,3)4)22-14-9-17-26-27(22)24-12-5-6-16-25(24)30-26/h5-18H,1-4H3/i7D,10D,11D,18D. The molecule has 0 aliphatic carbocycles. The molecule has 0 saturated heterocycles. The molecule has 0 aliphatic rings. The summed E-state index contributed by atoms with van der Waals surface area (Å²) in [7, 11) is 0. The van der Waals surface area contributed by atoms with Gasteiger partial charge in [0.05, 0.1) is 5.48 Å². The minimum Gasteiger partial charge on any atom is -0.456 e. The van der Waals surface area contributed by atoms with Crippen molar-refractivity contribution in [2.75, 3.05) is 0 Å². The maximum atomic E-state index is 8.76. The zero-order chi connectivity index (χ0) is 24.4. The van der Waals surface area contributed by atoms with E-state index < -0.39 is 0 Å². The average molecular weight is 395 g/mol. The largest absolute Gasteiger partial charge is 0.456 e. The van der Waals surface area contributed by atoms with Crippen LogP contribution in [-0.4, -0.2) is 0 Å². The van der Waals surface area contributed by atoms with Gasteiger partial charge in [0.2, 0.25) is 0 Å². The summed E-state index contributed by atoms with van der Waals surface area (Å²) < 4.78 is 40.0. The predicted molar refractivity (Wildman–Crippen MR) is 128 cm³/mol. The monoisotopic (exact) mass is 394 g/mol. The molecule has 1 aromatic heterocycles. The van der Waals surface area contributed by atoms with Gasteiger partial charge in [0.25, 0.3) is 0 Å². The Kier molecular flexibility index (Phi) is 3.36. The first-order valence-corrected chi connectivity index (χ1v) is 10.2. The molecular formula is C29H26O. The molecule has 148 valence electrons. The first-order valence-electron chi connectivity index (χ1n) is 12.2. The van der Waals surface area contributed by atoms with Crippen LogP contribution in [0, 0.1) is 6.92 Å². The van der Waals surface area contributed by atoms with Crippen molar-refractivity contribution in [1.29, 1.82) is 0 Å². The van der Waals surface area contributed by atoms with Crippen molar-refractivity contribution in [2.24, 2.45) is 0 Å². The second-order valence-corrected chi connectivity index (χ2v) is 8.76. The Hall–Kier alpha value is -3.32. The Morgan fingerprint density at radius 2 is 1.47 bits per heavy atom. The van der Waals surface area contributed by atoms with E-state index in [0.29, 0.717) is 11.1 Å². The molecule has 0 fully saturated rings. The zero-order valence-corrected chi connectivity index (χ0v) is 17.7. The summed E-state index contributed by atoms with van der Waals surface area (Å²) in [5.41, 5.74) is 5.98. The number of furan rings is 1. The normalized spacial score (nSPS) is 13.9. The summed E-state index contributed by atoms with van der Waals surface area (Å²) >= 11 is 0. The van der Waals surface area contributed by atoms with Crippen LogP contribution in [0.15, 0.2) is 89.3 Å². The van der Waals surface area contributed by atoms with Gasteiger partial charge in [-0.3, -0.25) is 0 Å². The van der Waals surface area contributed by atoms with Crippen LogP contribution in [-0.2, 0) is 5.41 Å². The highest BCUT2D eigenvalue weighted by molar-refractivity contribution is 6.13. The number of fused-ring (bicyclic) bond motifs is 3. The van der Waals surface area contributed by atoms with Crippen LogP contribution < -0.4 is 0 Å². The van der Waals surface area contributed by atoms with Gasteiger partial charge in [-0.15, -0.1) is 0 Å². The molecule has 0 atom stereocenters. The minimum absolute atomic E-state index is 0.0538. The van der Waals surface area contributed by atoms with Crippen molar-refractivity contribution in [3.63, 3.8) is 0 Å². The van der Waals surface area contributed by atoms with Crippen molar-refractivity contribution in [2.45, 2.75) is 33.1 Å². The Morgan fingerprint density at radius 1 is 0.767 bits per heavy atom. The summed E-state index contributed by atoms with van der Waals surface area (Å²) in [5.74, 6) is 0. The summed E-state index contributed by atoms with van der Waals surface area (Å²) in [6.07, 6.45) is 0. The molecule has 0 radical (unpaired) electrons. The third-order valence-electron chi connectivity index (χ3n) is 5.53. The average Bonchev–Trinajstić information content (AvgIpc) is 3.19. The minimum atomic E-state index is -0.317. The molecule has 0 bridgehead atoms. The Bertz CT molecular complexity index is 1560. The maximum absolute atomic E-state index is 8.76. The van der Waals surface area contributed by atoms with Gasteiger partial charge >= 0.3 is 0 Å². The van der Waals surface area contributed by atoms with Crippen LogP contribution in [0.25, 0.3) is 44.2 Å². The molecule has 1 nitrogen and oxygen atoms in total. The summed E-state index contributed by atoms with van der Waals surface area (Å²) in [5, 5.41) is 2.08. The highest BCUT2D eigenvalue weighted by atomic mass is 16.3. The Labute approximate surface area is 183 Å². The third-order valence-corrected chi connectivity index (χ3v) is 5.53. The molecule has 1 heteroatoms. The lowest BCUT2D eigenvalue weighted by Crippen LogP contribution is -2.14. The SMILES string of the molecule is [2H]c1c([2H])c(C)c([2H])c(-c2cccc(-c3cccc4oc5ccccc5c34)c2C(C)(C)C)c1[2H]. The second kappa shape index (κ2) is 6.88. The second-order valence-electron chi connectivity index (χ2n) is 8.76. The maximum Gasteiger partial charge on any atom is 0.136 e. The van der Waals surface area contributed by atoms with Crippen molar-refractivity contribution < 1.29 is 9.90 Å². The van der Waals surface area contributed by atoms with E-state index in [0.717, 1.165) is 44.2 Å². The first-order chi connectivity index (χ1) is 16.1. The first kappa shape index (κ1) is 14.6. The zero-order valence-electron chi connectivity index (χ0n) is 21.7. The van der Waals surface area contributed by atoms with E-state index in [1.165, 1.54) is 0 Å². The molecule has 0 aliphatic heterocycles. The van der Waals surface area contributed by atoms with Gasteiger partial charge in [-0.05, 0) is 52.3 Å². The van der Waals surface area contributed by atoms with E-state index in [4.69, 9.17) is 9.90 Å². The van der Waals surface area contributed by atoms with Crippen LogP contribution in [0.5, 0.6) is 0 Å². The van der Waals surface area contributed by atoms with Crippen molar-refractivity contribution in [3.05, 3.63) is 96.0 Å². The van der Waals surface area contributed by atoms with Gasteiger partial charge in [-0.1, -0.05) is 99.0 Å². The molecule has 5 aromatic rings. The van der Waals surface area contributed by atoms with E-state index in [1.54, 1.807) is 6.92 Å². The van der Waals surface area contributed by atoms with Crippen LogP contribution >= 0.6 is 0 Å². The van der Waals surface area contributed by atoms with Gasteiger partial charge in [0, 0.05) is 10.8 Å². The number of benzene rings is 4. The summed E-state index contributed by atoms with van der Waals surface area (Å²) in [6, 6.07) is 19.9. The molecular weight excluding hydrogens is 364 g/mol. The smallest absolute Gasteiger partial charge is 0.136 e. The van der Waals surface area contributed by atoms with Crippen LogP contribution in [0.3, 0.4) is 0 Å². The fraction of sp³-hybridized carbons (Fsp3) is 0.172. The van der Waals surface area contributed by atoms with Gasteiger partial charge < -0.3 is 4.42 Å². The number of para-hydroxylation sites is 1. The number of rotatable bonds is 2. The van der Waals surface area contributed by atoms with Crippen molar-refractivity contribution >= 4 is 21.9 Å². The molecule has 0 unspecified atom stereocenters. The van der Waals surface area contributed by atoms with Crippen LogP contribution in [0.1, 0.15) is 37.4 Å². The molecule has 30 heavy (non-hydrogen) atoms. The Balaban J connectivity index is 1.92. The molecule has 1 heterocycles. The van der Waals surface area contributed by atoms with E-state index in [-0.39, 0.29) is 29.6 Å². The van der Waals surface area contributed by atoms with Crippen molar-refractivity contribution in [3.8, 4) is 22.3 Å². The highest BCUT2D eigenvalue weighted by Crippen LogP contribution is 2.44. The quantitative estimate of drug-likeness (QED) is 0.292. The lowest BCUT2D eigenvalue weighted by atomic mass is 9.76. The van der Waals surface area contributed by atoms with E-state index >= 15 is 0 Å². The fourth-order valence-electron chi connectivity index (χ4n) is 4.36. The highest BCUT2D eigenvalue weighted by Gasteiger charge is 2.25. The van der Waals surface area contributed by atoms with E-state index in [1.807, 2.05) is 42.5 Å². The van der Waals surface area contributed by atoms with E-state index in [9.17, 15) is 0 Å². The predicted octanol–water partition coefficient (Wildman–Crippen LogP) is 8.53. The molecule has 0 N–H and O–H groups in total. The van der Waals surface area contributed by atoms with Gasteiger partial charge in [-0.25, -0.2) is 0 Å². The van der Waals surface area contributed by atoms with Gasteiger partial charge in [-0.2, -0.15) is 0 Å². The molecule has 0 spiro atoms. The summed E-state index contributed by atoms with van der Waals surface area (Å²) in [6.45, 7) is 8.07. The molecule has 0 saturated carbocycles. The number of hydrogen-bond acceptors (Lipinski definition) is 1. The topological polar surface area (TPSA) is 13.1 Å². The lowest BCUT2D eigenvalue weighted by Gasteiger charge is -2.27.